The summed E-state index contributed by atoms with van der Waals surface area (Å²) in [6.07, 6.45) is -2.50. The summed E-state index contributed by atoms with van der Waals surface area (Å²) in [6, 6.07) is 0. The van der Waals surface area contributed by atoms with Crippen LogP contribution in [0, 0.1) is 0 Å². The van der Waals surface area contributed by atoms with Crippen LogP contribution in [0.5, 0.6) is 0 Å². The molecule has 0 atom stereocenters. The van der Waals surface area contributed by atoms with Crippen LogP contribution in [0.15, 0.2) is 11.6 Å². The van der Waals surface area contributed by atoms with Gasteiger partial charge in [0.25, 0.3) is 0 Å². The minimum Gasteiger partial charge on any atom is -0.463 e. The van der Waals surface area contributed by atoms with Gasteiger partial charge in [-0.15, -0.1) is 0 Å². The van der Waals surface area contributed by atoms with Crippen LogP contribution in [-0.2, 0) is 9.53 Å². The number of allylic oxidation sites excluding steroid dienone is 1. The summed E-state index contributed by atoms with van der Waals surface area (Å²) in [5, 5.41) is 0. The Hall–Kier alpha value is -1.00. The molecule has 0 aromatic heterocycles. The van der Waals surface area contributed by atoms with E-state index in [4.69, 9.17) is 0 Å². The van der Waals surface area contributed by atoms with Crippen LogP contribution in [0.4, 0.5) is 13.2 Å². The standard InChI is InChI=1S/C9H13F3O2/c1-3-4-5-14-8(13)6-7(2)9(10,11)12/h6H,3-5H2,1-2H3/b7-6+. The van der Waals surface area contributed by atoms with Gasteiger partial charge in [-0.25, -0.2) is 4.79 Å². The molecule has 0 aliphatic rings. The summed E-state index contributed by atoms with van der Waals surface area (Å²) in [5.41, 5.74) is -0.945. The molecule has 0 saturated carbocycles. The van der Waals surface area contributed by atoms with Crippen molar-refractivity contribution in [2.24, 2.45) is 0 Å². The average Bonchev–Trinajstić information content (AvgIpc) is 2.03. The molecule has 0 radical (unpaired) electrons. The molecule has 0 aliphatic carbocycles. The largest absolute Gasteiger partial charge is 0.463 e. The second-order valence-corrected chi connectivity index (χ2v) is 2.85. The summed E-state index contributed by atoms with van der Waals surface area (Å²) in [7, 11) is 0. The second-order valence-electron chi connectivity index (χ2n) is 2.85. The van der Waals surface area contributed by atoms with E-state index < -0.39 is 17.7 Å². The maximum atomic E-state index is 11.9. The Balaban J connectivity index is 4.03. The van der Waals surface area contributed by atoms with E-state index in [9.17, 15) is 18.0 Å². The highest BCUT2D eigenvalue weighted by Gasteiger charge is 2.30. The van der Waals surface area contributed by atoms with Gasteiger partial charge in [0.2, 0.25) is 0 Å². The Morgan fingerprint density at radius 2 is 2.00 bits per heavy atom. The minimum atomic E-state index is -4.45. The van der Waals surface area contributed by atoms with Gasteiger partial charge in [-0.1, -0.05) is 13.3 Å². The SMILES string of the molecule is CCCCOC(=O)/C=C(\C)C(F)(F)F. The average molecular weight is 210 g/mol. The summed E-state index contributed by atoms with van der Waals surface area (Å²) in [4.78, 5) is 10.8. The van der Waals surface area contributed by atoms with Gasteiger partial charge in [-0.2, -0.15) is 13.2 Å². The molecule has 82 valence electrons. The lowest BCUT2D eigenvalue weighted by Gasteiger charge is -2.06. The zero-order valence-electron chi connectivity index (χ0n) is 8.15. The van der Waals surface area contributed by atoms with Crippen molar-refractivity contribution in [2.75, 3.05) is 6.61 Å². The predicted molar refractivity (Wildman–Crippen MR) is 45.7 cm³/mol. The van der Waals surface area contributed by atoms with Crippen LogP contribution in [0.3, 0.4) is 0 Å². The van der Waals surface area contributed by atoms with Crippen LogP contribution in [0.2, 0.25) is 0 Å². The fraction of sp³-hybridized carbons (Fsp3) is 0.667. The third kappa shape index (κ3) is 5.61. The van der Waals surface area contributed by atoms with E-state index in [1.165, 1.54) is 0 Å². The summed E-state index contributed by atoms with van der Waals surface area (Å²) in [6.45, 7) is 2.89. The molecule has 0 rings (SSSR count). The number of halogens is 3. The maximum absolute atomic E-state index is 11.9. The molecule has 0 N–H and O–H groups in total. The third-order valence-electron chi connectivity index (χ3n) is 1.52. The van der Waals surface area contributed by atoms with Gasteiger partial charge in [0.15, 0.2) is 0 Å². The van der Waals surface area contributed by atoms with Gasteiger partial charge in [-0.05, 0) is 13.3 Å². The molecule has 0 unspecified atom stereocenters. The van der Waals surface area contributed by atoms with Crippen LogP contribution in [0.25, 0.3) is 0 Å². The van der Waals surface area contributed by atoms with E-state index in [-0.39, 0.29) is 6.61 Å². The van der Waals surface area contributed by atoms with E-state index in [1.807, 2.05) is 6.92 Å². The van der Waals surface area contributed by atoms with Crippen molar-refractivity contribution in [1.29, 1.82) is 0 Å². The minimum absolute atomic E-state index is 0.164. The van der Waals surface area contributed by atoms with Crippen molar-refractivity contribution in [3.63, 3.8) is 0 Å². The highest BCUT2D eigenvalue weighted by molar-refractivity contribution is 5.82. The smallest absolute Gasteiger partial charge is 0.412 e. The molecular formula is C9H13F3O2. The molecule has 14 heavy (non-hydrogen) atoms. The Bertz CT molecular complexity index is 219. The van der Waals surface area contributed by atoms with Crippen molar-refractivity contribution in [3.05, 3.63) is 11.6 Å². The van der Waals surface area contributed by atoms with Gasteiger partial charge in [0.05, 0.1) is 6.61 Å². The molecule has 0 aliphatic heterocycles. The molecule has 0 amide bonds. The first-order valence-electron chi connectivity index (χ1n) is 4.30. The van der Waals surface area contributed by atoms with Gasteiger partial charge < -0.3 is 4.74 Å². The number of esters is 1. The Labute approximate surface area is 80.7 Å². The van der Waals surface area contributed by atoms with Crippen LogP contribution in [0.1, 0.15) is 26.7 Å². The van der Waals surface area contributed by atoms with E-state index >= 15 is 0 Å². The normalized spacial score (nSPS) is 12.8. The third-order valence-corrected chi connectivity index (χ3v) is 1.52. The number of hydrogen-bond acceptors (Lipinski definition) is 2. The maximum Gasteiger partial charge on any atom is 0.412 e. The fourth-order valence-corrected chi connectivity index (χ4v) is 0.617. The predicted octanol–water partition coefficient (Wildman–Crippen LogP) is 2.84. The number of carbonyl (C=O) groups excluding carboxylic acids is 1. The van der Waals surface area contributed by atoms with E-state index in [2.05, 4.69) is 4.74 Å². The van der Waals surface area contributed by atoms with Crippen molar-refractivity contribution >= 4 is 5.97 Å². The molecule has 0 saturated heterocycles. The number of unbranched alkanes of at least 4 members (excludes halogenated alkanes) is 1. The molecule has 0 spiro atoms. The summed E-state index contributed by atoms with van der Waals surface area (Å²) < 4.78 is 40.3. The fourth-order valence-electron chi connectivity index (χ4n) is 0.617. The molecule has 2 nitrogen and oxygen atoms in total. The van der Waals surface area contributed by atoms with Crippen molar-refractivity contribution < 1.29 is 22.7 Å². The molecule has 0 heterocycles. The Kier molecular flexibility index (Phi) is 5.27. The molecular weight excluding hydrogens is 197 g/mol. The first kappa shape index (κ1) is 13.0. The van der Waals surface area contributed by atoms with Gasteiger partial charge in [0, 0.05) is 11.6 Å². The lowest BCUT2D eigenvalue weighted by Crippen LogP contribution is -2.12. The lowest BCUT2D eigenvalue weighted by atomic mass is 10.3. The van der Waals surface area contributed by atoms with E-state index in [0.29, 0.717) is 12.5 Å². The van der Waals surface area contributed by atoms with Gasteiger partial charge >= 0.3 is 12.1 Å². The molecule has 5 heteroatoms. The van der Waals surface area contributed by atoms with Crippen LogP contribution < -0.4 is 0 Å². The number of hydrogen-bond donors (Lipinski definition) is 0. The highest BCUT2D eigenvalue weighted by atomic mass is 19.4. The highest BCUT2D eigenvalue weighted by Crippen LogP contribution is 2.24. The first-order chi connectivity index (χ1) is 6.38. The first-order valence-corrected chi connectivity index (χ1v) is 4.30. The van der Waals surface area contributed by atoms with Crippen molar-refractivity contribution in [1.82, 2.24) is 0 Å². The quantitative estimate of drug-likeness (QED) is 0.405. The second kappa shape index (κ2) is 5.67. The number of ether oxygens (including phenoxy) is 1. The number of carbonyl (C=O) groups is 1. The topological polar surface area (TPSA) is 26.3 Å². The molecule has 0 aromatic rings. The Morgan fingerprint density at radius 3 is 2.43 bits per heavy atom. The van der Waals surface area contributed by atoms with E-state index in [0.717, 1.165) is 13.3 Å². The molecule has 0 fully saturated rings. The monoisotopic (exact) mass is 210 g/mol. The van der Waals surface area contributed by atoms with Gasteiger partial charge in [0.1, 0.15) is 0 Å². The number of alkyl halides is 3. The van der Waals surface area contributed by atoms with Crippen LogP contribution >= 0.6 is 0 Å². The zero-order valence-corrected chi connectivity index (χ0v) is 8.15. The van der Waals surface area contributed by atoms with Gasteiger partial charge in [-0.3, -0.25) is 0 Å². The summed E-state index contributed by atoms with van der Waals surface area (Å²) in [5.74, 6) is -0.937. The lowest BCUT2D eigenvalue weighted by molar-refractivity contribution is -0.138. The molecule has 0 aromatic carbocycles. The van der Waals surface area contributed by atoms with Crippen molar-refractivity contribution in [3.8, 4) is 0 Å². The van der Waals surface area contributed by atoms with Crippen LogP contribution in [-0.4, -0.2) is 18.8 Å². The molecule has 0 bridgehead atoms. The zero-order chi connectivity index (χ0) is 11.2. The van der Waals surface area contributed by atoms with E-state index in [1.54, 1.807) is 0 Å². The van der Waals surface area contributed by atoms with Crippen molar-refractivity contribution in [2.45, 2.75) is 32.9 Å². The summed E-state index contributed by atoms with van der Waals surface area (Å²) >= 11 is 0. The number of rotatable bonds is 4. The Morgan fingerprint density at radius 1 is 1.43 bits per heavy atom.